The van der Waals surface area contributed by atoms with Crippen LogP contribution in [0.5, 0.6) is 5.75 Å². The first-order chi connectivity index (χ1) is 10.7. The summed E-state index contributed by atoms with van der Waals surface area (Å²) in [5.41, 5.74) is -0.114. The highest BCUT2D eigenvalue weighted by atomic mass is 19.2. The molecule has 1 unspecified atom stereocenters. The zero-order valence-electron chi connectivity index (χ0n) is 13.8. The van der Waals surface area contributed by atoms with E-state index < -0.39 is 23.3 Å². The molecule has 1 fully saturated rings. The average molecular weight is 328 g/mol. The smallest absolute Gasteiger partial charge is 0.410 e. The Morgan fingerprint density at radius 2 is 2.04 bits per heavy atom. The second-order valence-corrected chi connectivity index (χ2v) is 6.42. The van der Waals surface area contributed by atoms with Crippen LogP contribution < -0.4 is 10.1 Å². The van der Waals surface area contributed by atoms with Gasteiger partial charge in [0.2, 0.25) is 5.82 Å². The molecule has 0 spiro atoms. The molecule has 0 radical (unpaired) electrons. The molecule has 1 aliphatic heterocycles. The standard InChI is InChI=1S/C16H22F2N2O3/c1-16(2,3)23-15(21)20-8-7-19-12(9-20)10-5-6-11(17)13(18)14(10)22-4/h5-6,12,19H,7-9H2,1-4H3. The first kappa shape index (κ1) is 17.5. The van der Waals surface area contributed by atoms with E-state index in [1.54, 1.807) is 25.7 Å². The fraction of sp³-hybridized carbons (Fsp3) is 0.562. The quantitative estimate of drug-likeness (QED) is 0.907. The Balaban J connectivity index is 2.19. The molecule has 1 heterocycles. The highest BCUT2D eigenvalue weighted by Gasteiger charge is 2.30. The zero-order chi connectivity index (χ0) is 17.2. The molecule has 1 aromatic carbocycles. The van der Waals surface area contributed by atoms with Crippen LogP contribution in [0, 0.1) is 11.6 Å². The molecule has 128 valence electrons. The van der Waals surface area contributed by atoms with Crippen molar-refractivity contribution in [3.05, 3.63) is 29.3 Å². The van der Waals surface area contributed by atoms with Gasteiger partial charge in [0.1, 0.15) is 5.60 Å². The maximum absolute atomic E-state index is 13.9. The van der Waals surface area contributed by atoms with Crippen LogP contribution >= 0.6 is 0 Å². The van der Waals surface area contributed by atoms with E-state index in [9.17, 15) is 13.6 Å². The maximum Gasteiger partial charge on any atom is 0.410 e. The molecule has 23 heavy (non-hydrogen) atoms. The summed E-state index contributed by atoms with van der Waals surface area (Å²) in [6.07, 6.45) is -0.425. The number of halogens is 2. The molecule has 1 aromatic rings. The van der Waals surface area contributed by atoms with Gasteiger partial charge in [-0.05, 0) is 26.8 Å². The molecular weight excluding hydrogens is 306 g/mol. The average Bonchev–Trinajstić information content (AvgIpc) is 2.48. The highest BCUT2D eigenvalue weighted by molar-refractivity contribution is 5.68. The third-order valence-corrected chi connectivity index (χ3v) is 3.49. The maximum atomic E-state index is 13.9. The largest absolute Gasteiger partial charge is 0.493 e. The fourth-order valence-corrected chi connectivity index (χ4v) is 2.48. The molecule has 7 heteroatoms. The summed E-state index contributed by atoms with van der Waals surface area (Å²) in [5, 5.41) is 3.19. The zero-order valence-corrected chi connectivity index (χ0v) is 13.8. The van der Waals surface area contributed by atoms with Gasteiger partial charge < -0.3 is 19.7 Å². The lowest BCUT2D eigenvalue weighted by Gasteiger charge is -2.35. The number of benzene rings is 1. The number of methoxy groups -OCH3 is 1. The fourth-order valence-electron chi connectivity index (χ4n) is 2.48. The predicted octanol–water partition coefficient (Wildman–Crippen LogP) is 2.85. The second-order valence-electron chi connectivity index (χ2n) is 6.42. The van der Waals surface area contributed by atoms with Crippen molar-refractivity contribution in [1.29, 1.82) is 0 Å². The molecule has 1 N–H and O–H groups in total. The van der Waals surface area contributed by atoms with Gasteiger partial charge in [-0.15, -0.1) is 0 Å². The molecule has 0 saturated carbocycles. The van der Waals surface area contributed by atoms with Gasteiger partial charge in [-0.2, -0.15) is 4.39 Å². The van der Waals surface area contributed by atoms with Gasteiger partial charge >= 0.3 is 6.09 Å². The Bertz CT molecular complexity index is 587. The SMILES string of the molecule is COc1c(C2CN(C(=O)OC(C)(C)C)CCN2)ccc(F)c1F. The van der Waals surface area contributed by atoms with Crippen LogP contribution in [-0.4, -0.2) is 43.3 Å². The molecule has 0 bridgehead atoms. The molecule has 5 nitrogen and oxygen atoms in total. The van der Waals surface area contributed by atoms with Crippen LogP contribution in [0.4, 0.5) is 13.6 Å². The van der Waals surface area contributed by atoms with Gasteiger partial charge in [-0.1, -0.05) is 6.07 Å². The van der Waals surface area contributed by atoms with Gasteiger partial charge in [-0.3, -0.25) is 0 Å². The van der Waals surface area contributed by atoms with Gasteiger partial charge in [0, 0.05) is 25.2 Å². The van der Waals surface area contributed by atoms with E-state index in [2.05, 4.69) is 5.32 Å². The Hall–Kier alpha value is -1.89. The molecular formula is C16H22F2N2O3. The van der Waals surface area contributed by atoms with E-state index in [4.69, 9.17) is 9.47 Å². The Kier molecular flexibility index (Phi) is 5.09. The number of ether oxygens (including phenoxy) is 2. The van der Waals surface area contributed by atoms with Crippen LogP contribution in [-0.2, 0) is 4.74 Å². The molecule has 2 rings (SSSR count). The molecule has 1 saturated heterocycles. The number of nitrogens with one attached hydrogen (secondary N) is 1. The second kappa shape index (κ2) is 6.70. The van der Waals surface area contributed by atoms with E-state index in [0.29, 0.717) is 18.7 Å². The topological polar surface area (TPSA) is 50.8 Å². The van der Waals surface area contributed by atoms with E-state index in [1.165, 1.54) is 13.2 Å². The number of carbonyl (C=O) groups is 1. The van der Waals surface area contributed by atoms with Crippen molar-refractivity contribution in [2.75, 3.05) is 26.7 Å². The first-order valence-electron chi connectivity index (χ1n) is 7.46. The van der Waals surface area contributed by atoms with Crippen molar-refractivity contribution in [1.82, 2.24) is 10.2 Å². The number of nitrogens with zero attached hydrogens (tertiary/aromatic N) is 1. The first-order valence-corrected chi connectivity index (χ1v) is 7.46. The van der Waals surface area contributed by atoms with Crippen molar-refractivity contribution < 1.29 is 23.0 Å². The normalized spacial score (nSPS) is 18.7. The van der Waals surface area contributed by atoms with Gasteiger partial charge in [0.05, 0.1) is 13.2 Å². The van der Waals surface area contributed by atoms with Crippen LogP contribution in [0.25, 0.3) is 0 Å². The number of rotatable bonds is 2. The van der Waals surface area contributed by atoms with Gasteiger partial charge in [0.15, 0.2) is 11.6 Å². The van der Waals surface area contributed by atoms with Crippen LogP contribution in [0.3, 0.4) is 0 Å². The van der Waals surface area contributed by atoms with Crippen molar-refractivity contribution >= 4 is 6.09 Å². The molecule has 0 aliphatic carbocycles. The Morgan fingerprint density at radius 1 is 1.35 bits per heavy atom. The summed E-state index contributed by atoms with van der Waals surface area (Å²) in [4.78, 5) is 13.7. The van der Waals surface area contributed by atoms with Crippen molar-refractivity contribution in [3.63, 3.8) is 0 Å². The van der Waals surface area contributed by atoms with E-state index in [0.717, 1.165) is 6.07 Å². The van der Waals surface area contributed by atoms with Gasteiger partial charge in [-0.25, -0.2) is 9.18 Å². The summed E-state index contributed by atoms with van der Waals surface area (Å²) in [6.45, 7) is 6.68. The van der Waals surface area contributed by atoms with Crippen LogP contribution in [0.1, 0.15) is 32.4 Å². The number of hydrogen-bond donors (Lipinski definition) is 1. The number of carbonyl (C=O) groups excluding carboxylic acids is 1. The van der Waals surface area contributed by atoms with Crippen LogP contribution in [0.2, 0.25) is 0 Å². The summed E-state index contributed by atoms with van der Waals surface area (Å²) >= 11 is 0. The van der Waals surface area contributed by atoms with Crippen LogP contribution in [0.15, 0.2) is 12.1 Å². The third-order valence-electron chi connectivity index (χ3n) is 3.49. The molecule has 0 aromatic heterocycles. The lowest BCUT2D eigenvalue weighted by molar-refractivity contribution is 0.0194. The predicted molar refractivity (Wildman–Crippen MR) is 81.5 cm³/mol. The number of piperazine rings is 1. The van der Waals surface area contributed by atoms with Crippen molar-refractivity contribution in [2.24, 2.45) is 0 Å². The molecule has 1 atom stereocenters. The monoisotopic (exact) mass is 328 g/mol. The molecule has 1 aliphatic rings. The minimum Gasteiger partial charge on any atom is -0.493 e. The molecule has 1 amide bonds. The number of hydrogen-bond acceptors (Lipinski definition) is 4. The lowest BCUT2D eigenvalue weighted by Crippen LogP contribution is -2.49. The summed E-state index contributed by atoms with van der Waals surface area (Å²) in [6, 6.07) is 2.16. The summed E-state index contributed by atoms with van der Waals surface area (Å²) in [5.74, 6) is -2.14. The Morgan fingerprint density at radius 3 is 2.65 bits per heavy atom. The van der Waals surface area contributed by atoms with E-state index in [1.807, 2.05) is 0 Å². The van der Waals surface area contributed by atoms with Crippen molar-refractivity contribution in [2.45, 2.75) is 32.4 Å². The van der Waals surface area contributed by atoms with Gasteiger partial charge in [0.25, 0.3) is 0 Å². The Labute approximate surface area is 134 Å². The summed E-state index contributed by atoms with van der Waals surface area (Å²) < 4.78 is 37.6. The lowest BCUT2D eigenvalue weighted by atomic mass is 10.0. The van der Waals surface area contributed by atoms with Crippen molar-refractivity contribution in [3.8, 4) is 5.75 Å². The summed E-state index contributed by atoms with van der Waals surface area (Å²) in [7, 11) is 1.29. The van der Waals surface area contributed by atoms with E-state index in [-0.39, 0.29) is 18.3 Å². The minimum atomic E-state index is -1.03. The van der Waals surface area contributed by atoms with E-state index >= 15 is 0 Å². The number of amides is 1. The minimum absolute atomic E-state index is 0.145. The highest BCUT2D eigenvalue weighted by Crippen LogP contribution is 2.31. The third kappa shape index (κ3) is 4.10.